The van der Waals surface area contributed by atoms with Crippen LogP contribution < -0.4 is 16.5 Å². The number of hydrazone groups is 1. The lowest BCUT2D eigenvalue weighted by Gasteiger charge is -2.35. The average molecular weight is 640 g/mol. The van der Waals surface area contributed by atoms with Crippen LogP contribution in [-0.4, -0.2) is 61.2 Å². The summed E-state index contributed by atoms with van der Waals surface area (Å²) in [4.78, 5) is 6.44. The van der Waals surface area contributed by atoms with Gasteiger partial charge in [0.05, 0.1) is 17.2 Å². The molecule has 0 amide bonds. The number of anilines is 1. The fourth-order valence-electron chi connectivity index (χ4n) is 7.93. The Morgan fingerprint density at radius 2 is 1.56 bits per heavy atom. The van der Waals surface area contributed by atoms with Gasteiger partial charge in [-0.15, -0.1) is 5.10 Å². The lowest BCUT2D eigenvalue weighted by Crippen LogP contribution is -2.42. The maximum absolute atomic E-state index is 13.7. The van der Waals surface area contributed by atoms with Gasteiger partial charge in [0.15, 0.2) is 0 Å². The summed E-state index contributed by atoms with van der Waals surface area (Å²) in [6, 6.07) is 5.35. The van der Waals surface area contributed by atoms with Crippen molar-refractivity contribution in [3.63, 3.8) is 0 Å². The Morgan fingerprint density at radius 1 is 0.956 bits per heavy atom. The van der Waals surface area contributed by atoms with Gasteiger partial charge in [0.25, 0.3) is 0 Å². The second kappa shape index (κ2) is 12.5. The molecule has 3 unspecified atom stereocenters. The molecule has 0 aromatic heterocycles. The largest absolute Gasteiger partial charge is 0.416 e. The van der Waals surface area contributed by atoms with Crippen molar-refractivity contribution in [1.29, 1.82) is 0 Å². The minimum atomic E-state index is -4.96. The minimum Gasteiger partial charge on any atom is -0.371 e. The summed E-state index contributed by atoms with van der Waals surface area (Å²) >= 11 is 0. The SMILES string of the molecule is Cc1cc(C)c2c(c1)C(N(Cc1cc(C(F)(F)F)cc(C(F)(F)F)c1)/C(N)=N/N(C)N)CCCN2CC1CC2CN(C)CC2C1. The lowest BCUT2D eigenvalue weighted by molar-refractivity contribution is -0.143. The van der Waals surface area contributed by atoms with Crippen LogP contribution in [0.15, 0.2) is 35.4 Å². The smallest absolute Gasteiger partial charge is 0.371 e. The van der Waals surface area contributed by atoms with Crippen LogP contribution in [0, 0.1) is 31.6 Å². The molecule has 0 radical (unpaired) electrons. The molecule has 1 saturated heterocycles. The van der Waals surface area contributed by atoms with Crippen molar-refractivity contribution in [1.82, 2.24) is 14.9 Å². The van der Waals surface area contributed by atoms with E-state index in [1.54, 1.807) is 4.90 Å². The number of aryl methyl sites for hydroxylation is 2. The van der Waals surface area contributed by atoms with Crippen LogP contribution in [0.4, 0.5) is 32.0 Å². The topological polar surface area (TPSA) is 77.4 Å². The quantitative estimate of drug-likeness (QED) is 0.131. The third-order valence-electron chi connectivity index (χ3n) is 9.50. The Bertz CT molecular complexity index is 1360. The molecule has 13 heteroatoms. The van der Waals surface area contributed by atoms with Gasteiger partial charge in [-0.3, -0.25) is 0 Å². The van der Waals surface area contributed by atoms with E-state index in [9.17, 15) is 26.3 Å². The Labute approximate surface area is 260 Å². The second-order valence-corrected chi connectivity index (χ2v) is 13.3. The number of alkyl halides is 6. The van der Waals surface area contributed by atoms with Crippen molar-refractivity contribution in [3.05, 3.63) is 63.7 Å². The third-order valence-corrected chi connectivity index (χ3v) is 9.50. The Kier molecular flexibility index (Phi) is 9.25. The highest BCUT2D eigenvalue weighted by Gasteiger charge is 2.41. The van der Waals surface area contributed by atoms with Crippen LogP contribution in [0.25, 0.3) is 0 Å². The van der Waals surface area contributed by atoms with Gasteiger partial charge in [-0.2, -0.15) is 26.3 Å². The second-order valence-electron chi connectivity index (χ2n) is 13.3. The molecule has 2 aliphatic heterocycles. The van der Waals surface area contributed by atoms with Gasteiger partial charge in [0.1, 0.15) is 0 Å². The Balaban J connectivity index is 1.54. The molecule has 1 saturated carbocycles. The average Bonchev–Trinajstić information content (AvgIpc) is 3.37. The van der Waals surface area contributed by atoms with Crippen LogP contribution >= 0.6 is 0 Å². The van der Waals surface area contributed by atoms with E-state index in [0.717, 1.165) is 72.2 Å². The minimum absolute atomic E-state index is 0.0951. The molecule has 0 spiro atoms. The van der Waals surface area contributed by atoms with Crippen LogP contribution in [0.2, 0.25) is 0 Å². The Hall–Kier alpha value is -3.19. The van der Waals surface area contributed by atoms with E-state index in [2.05, 4.69) is 41.0 Å². The number of benzene rings is 2. The van der Waals surface area contributed by atoms with Crippen molar-refractivity contribution >= 4 is 11.6 Å². The first kappa shape index (κ1) is 33.2. The predicted molar refractivity (Wildman–Crippen MR) is 163 cm³/mol. The first-order chi connectivity index (χ1) is 21.0. The molecular formula is C32H43F6N7. The third kappa shape index (κ3) is 7.45. The summed E-state index contributed by atoms with van der Waals surface area (Å²) in [7, 11) is 3.62. The van der Waals surface area contributed by atoms with Gasteiger partial charge in [-0.05, 0) is 99.2 Å². The predicted octanol–water partition coefficient (Wildman–Crippen LogP) is 6.11. The molecule has 248 valence electrons. The molecule has 2 heterocycles. The lowest BCUT2D eigenvalue weighted by atomic mass is 9.94. The normalized spacial score (nSPS) is 24.4. The van der Waals surface area contributed by atoms with E-state index >= 15 is 0 Å². The molecular weight excluding hydrogens is 596 g/mol. The fraction of sp³-hybridized carbons (Fsp3) is 0.594. The van der Waals surface area contributed by atoms with Crippen molar-refractivity contribution in [2.24, 2.45) is 34.4 Å². The summed E-state index contributed by atoms with van der Waals surface area (Å²) in [5.74, 6) is 7.67. The maximum atomic E-state index is 13.7. The molecule has 3 atom stereocenters. The standard InChI is InChI=1S/C32H43F6N7/c1-19-8-20(2)29-27(9-19)28(6-5-7-44(29)15-21-10-23-17-42(3)18-24(23)11-21)45(30(39)41-43(4)40)16-22-12-25(31(33,34)35)14-26(13-22)32(36,37)38/h8-9,12-14,21,23-24,28H,5-7,10-11,15-18,40H2,1-4H3,(H2,39,41). The van der Waals surface area contributed by atoms with E-state index in [1.807, 2.05) is 6.92 Å². The van der Waals surface area contributed by atoms with E-state index in [-0.39, 0.29) is 24.1 Å². The molecule has 45 heavy (non-hydrogen) atoms. The molecule has 0 bridgehead atoms. The highest BCUT2D eigenvalue weighted by Crippen LogP contribution is 2.45. The zero-order chi connectivity index (χ0) is 32.8. The van der Waals surface area contributed by atoms with Crippen molar-refractivity contribution in [2.45, 2.75) is 64.5 Å². The number of hydrazine groups is 1. The number of nitrogens with zero attached hydrogens (tertiary/aromatic N) is 5. The zero-order valence-corrected chi connectivity index (χ0v) is 26.2. The van der Waals surface area contributed by atoms with Gasteiger partial charge in [0.2, 0.25) is 5.96 Å². The number of rotatable bonds is 6. The summed E-state index contributed by atoms with van der Waals surface area (Å²) < 4.78 is 82.5. The molecule has 4 N–H and O–H groups in total. The molecule has 7 nitrogen and oxygen atoms in total. The molecule has 5 rings (SSSR count). The van der Waals surface area contributed by atoms with E-state index in [4.69, 9.17) is 11.6 Å². The van der Waals surface area contributed by atoms with E-state index < -0.39 is 29.5 Å². The van der Waals surface area contributed by atoms with Crippen molar-refractivity contribution in [3.8, 4) is 0 Å². The summed E-state index contributed by atoms with van der Waals surface area (Å²) in [5.41, 5.74) is 7.59. The number of likely N-dealkylation sites (tertiary alicyclic amines) is 1. The highest BCUT2D eigenvalue weighted by molar-refractivity contribution is 5.79. The fourth-order valence-corrected chi connectivity index (χ4v) is 7.93. The molecule has 3 aliphatic rings. The molecule has 2 fully saturated rings. The number of hydrogen-bond donors (Lipinski definition) is 2. The van der Waals surface area contributed by atoms with Crippen LogP contribution in [0.3, 0.4) is 0 Å². The van der Waals surface area contributed by atoms with Gasteiger partial charge >= 0.3 is 12.4 Å². The van der Waals surface area contributed by atoms with Gasteiger partial charge in [-0.1, -0.05) is 17.7 Å². The van der Waals surface area contributed by atoms with Crippen LogP contribution in [-0.2, 0) is 18.9 Å². The van der Waals surface area contributed by atoms with E-state index in [0.29, 0.717) is 24.2 Å². The summed E-state index contributed by atoms with van der Waals surface area (Å²) in [6.07, 6.45) is -6.24. The van der Waals surface area contributed by atoms with E-state index in [1.165, 1.54) is 19.9 Å². The number of hydrogen-bond acceptors (Lipinski definition) is 5. The number of nitrogens with two attached hydrogens (primary N) is 2. The van der Waals surface area contributed by atoms with Gasteiger partial charge < -0.3 is 20.4 Å². The van der Waals surface area contributed by atoms with Gasteiger partial charge in [0, 0.05) is 45.5 Å². The number of guanidine groups is 1. The van der Waals surface area contributed by atoms with Crippen molar-refractivity contribution in [2.75, 3.05) is 45.2 Å². The Morgan fingerprint density at radius 3 is 2.11 bits per heavy atom. The number of halogens is 6. The monoisotopic (exact) mass is 639 g/mol. The van der Waals surface area contributed by atoms with Crippen molar-refractivity contribution < 1.29 is 26.3 Å². The van der Waals surface area contributed by atoms with Crippen LogP contribution in [0.1, 0.15) is 65.1 Å². The molecule has 2 aromatic rings. The maximum Gasteiger partial charge on any atom is 0.416 e. The molecule has 2 aromatic carbocycles. The number of fused-ring (bicyclic) bond motifs is 2. The van der Waals surface area contributed by atoms with Crippen LogP contribution in [0.5, 0.6) is 0 Å². The first-order valence-corrected chi connectivity index (χ1v) is 15.4. The molecule has 1 aliphatic carbocycles. The van der Waals surface area contributed by atoms with Gasteiger partial charge in [-0.25, -0.2) is 11.0 Å². The highest BCUT2D eigenvalue weighted by atomic mass is 19.4. The zero-order valence-electron chi connectivity index (χ0n) is 26.2. The summed E-state index contributed by atoms with van der Waals surface area (Å²) in [5, 5.41) is 5.13. The first-order valence-electron chi connectivity index (χ1n) is 15.4. The summed E-state index contributed by atoms with van der Waals surface area (Å²) in [6.45, 7) is 7.65.